The first-order chi connectivity index (χ1) is 26.8. The summed E-state index contributed by atoms with van der Waals surface area (Å²) < 4.78 is 64.0. The molecule has 0 unspecified atom stereocenters. The van der Waals surface area contributed by atoms with E-state index in [9.17, 15) is 4.11 Å². The van der Waals surface area contributed by atoms with Crippen molar-refractivity contribution in [3.8, 4) is 22.3 Å². The maximum Gasteiger partial charge on any atom is 0.143 e. The quantitative estimate of drug-likeness (QED) is 0.184. The Morgan fingerprint density at radius 1 is 0.551 bits per heavy atom. The summed E-state index contributed by atoms with van der Waals surface area (Å²) in [7, 11) is 0. The summed E-state index contributed by atoms with van der Waals surface area (Å²) in [6, 6.07) is 44.7. The summed E-state index contributed by atoms with van der Waals surface area (Å²) in [4.78, 5) is 2.02. The van der Waals surface area contributed by atoms with E-state index >= 15 is 0 Å². The molecule has 0 aliphatic rings. The van der Waals surface area contributed by atoms with Gasteiger partial charge in [-0.05, 0) is 69.9 Å². The molecule has 0 atom stereocenters. The molecule has 0 spiro atoms. The highest BCUT2D eigenvalue weighted by Gasteiger charge is 2.21. The summed E-state index contributed by atoms with van der Waals surface area (Å²) in [6.07, 6.45) is 0. The largest absolute Gasteiger partial charge is 0.455 e. The van der Waals surface area contributed by atoms with Gasteiger partial charge in [-0.1, -0.05) is 127 Å². The van der Waals surface area contributed by atoms with Crippen LogP contribution in [0.5, 0.6) is 0 Å². The predicted molar refractivity (Wildman–Crippen MR) is 210 cm³/mol. The molecule has 0 bridgehead atoms. The maximum absolute atomic E-state index is 9.69. The van der Waals surface area contributed by atoms with Gasteiger partial charge in [-0.15, -0.1) is 11.3 Å². The molecule has 2 heterocycles. The van der Waals surface area contributed by atoms with E-state index in [4.69, 9.17) is 8.53 Å². The zero-order valence-electron chi connectivity index (χ0n) is 32.0. The van der Waals surface area contributed by atoms with Crippen LogP contribution >= 0.6 is 11.3 Å². The fraction of sp³-hybridized carbons (Fsp3) is 0. The number of hydrogen-bond acceptors (Lipinski definition) is 3. The van der Waals surface area contributed by atoms with Gasteiger partial charge in [0.05, 0.1) is 18.6 Å². The van der Waals surface area contributed by atoms with E-state index in [1.54, 1.807) is 17.4 Å². The molecule has 3 heteroatoms. The van der Waals surface area contributed by atoms with Crippen LogP contribution in [0.2, 0.25) is 0 Å². The molecule has 0 N–H and O–H groups in total. The number of rotatable bonds is 5. The van der Waals surface area contributed by atoms with Crippen molar-refractivity contribution in [1.82, 2.24) is 0 Å². The summed E-state index contributed by atoms with van der Waals surface area (Å²) in [6.45, 7) is 0. The van der Waals surface area contributed by atoms with Crippen LogP contribution in [-0.4, -0.2) is 0 Å². The predicted octanol–water partition coefficient (Wildman–Crippen LogP) is 13.9. The second-order valence-electron chi connectivity index (χ2n) is 12.0. The summed E-state index contributed by atoms with van der Waals surface area (Å²) in [5.41, 5.74) is 5.92. The Morgan fingerprint density at radius 2 is 1.29 bits per heavy atom. The minimum atomic E-state index is -0.157. The van der Waals surface area contributed by atoms with Crippen molar-refractivity contribution in [3.63, 3.8) is 0 Å². The van der Waals surface area contributed by atoms with E-state index in [1.165, 1.54) is 6.07 Å². The lowest BCUT2D eigenvalue weighted by Crippen LogP contribution is -2.10. The Hall–Kier alpha value is -6.16. The Balaban J connectivity index is 1.30. The molecule has 10 rings (SSSR count). The molecule has 49 heavy (non-hydrogen) atoms. The Bertz CT molecular complexity index is 3160. The second kappa shape index (κ2) is 11.2. The summed E-state index contributed by atoms with van der Waals surface area (Å²) >= 11 is 1.68. The molecular formula is C46H29NOS. The average molecular weight is 650 g/mol. The van der Waals surface area contributed by atoms with Gasteiger partial charge in [-0.2, -0.15) is 0 Å². The molecule has 2 aromatic heterocycles. The highest BCUT2D eigenvalue weighted by molar-refractivity contribution is 7.26. The molecule has 0 radical (unpaired) electrons. The van der Waals surface area contributed by atoms with Crippen LogP contribution in [0, 0.1) is 0 Å². The van der Waals surface area contributed by atoms with Crippen molar-refractivity contribution in [1.29, 1.82) is 0 Å². The first kappa shape index (κ1) is 22.4. The van der Waals surface area contributed by atoms with Gasteiger partial charge in [0, 0.05) is 49.2 Å². The van der Waals surface area contributed by atoms with Crippen molar-refractivity contribution in [3.05, 3.63) is 176 Å². The second-order valence-corrected chi connectivity index (χ2v) is 13.1. The summed E-state index contributed by atoms with van der Waals surface area (Å²) in [5.74, 6) is 0. The number of benzene rings is 8. The molecule has 0 fully saturated rings. The number of nitrogens with zero attached hydrogens (tertiary/aromatic N) is 1. The van der Waals surface area contributed by atoms with Crippen LogP contribution in [0.15, 0.2) is 180 Å². The maximum atomic E-state index is 9.69. The van der Waals surface area contributed by atoms with Crippen LogP contribution in [0.3, 0.4) is 0 Å². The number of fused-ring (bicyclic) bond motifs is 8. The number of thiophene rings is 1. The van der Waals surface area contributed by atoms with Crippen molar-refractivity contribution in [2.24, 2.45) is 0 Å². The van der Waals surface area contributed by atoms with Crippen LogP contribution in [0.4, 0.5) is 17.1 Å². The summed E-state index contributed by atoms with van der Waals surface area (Å²) in [5, 5.41) is 3.33. The first-order valence-corrected chi connectivity index (χ1v) is 16.9. The SMILES string of the molecule is [2H]c1cc([2H])c2c([2H])c(-c3ccccc3)c3oc4cc(N(c5ccc(-c6ccccc6)cc5)c5cccc6c5sc5ccccc56)c([2H])c([2H])c4c3c2c1[2H]. The van der Waals surface area contributed by atoms with Gasteiger partial charge in [0.15, 0.2) is 0 Å². The third-order valence-electron chi connectivity index (χ3n) is 9.14. The fourth-order valence-electron chi connectivity index (χ4n) is 6.87. The average Bonchev–Trinajstić information content (AvgIpc) is 3.79. The van der Waals surface area contributed by atoms with Gasteiger partial charge in [0.2, 0.25) is 0 Å². The third-order valence-corrected chi connectivity index (χ3v) is 10.4. The Morgan fingerprint density at radius 3 is 2.12 bits per heavy atom. The highest BCUT2D eigenvalue weighted by atomic mass is 32.1. The van der Waals surface area contributed by atoms with E-state index in [1.807, 2.05) is 89.8 Å². The van der Waals surface area contributed by atoms with E-state index in [0.29, 0.717) is 33.2 Å². The molecule has 0 amide bonds. The molecular weight excluding hydrogens is 615 g/mol. The lowest BCUT2D eigenvalue weighted by Gasteiger charge is -2.26. The molecule has 2 nitrogen and oxygen atoms in total. The van der Waals surface area contributed by atoms with Gasteiger partial charge in [-0.3, -0.25) is 0 Å². The minimum Gasteiger partial charge on any atom is -0.455 e. The molecule has 0 aliphatic heterocycles. The van der Waals surface area contributed by atoms with Crippen molar-refractivity contribution in [2.45, 2.75) is 0 Å². The third kappa shape index (κ3) is 4.55. The highest BCUT2D eigenvalue weighted by Crippen LogP contribution is 2.47. The van der Waals surface area contributed by atoms with Gasteiger partial charge >= 0.3 is 0 Å². The topological polar surface area (TPSA) is 16.4 Å². The standard InChI is InChI=1S/C46H29NOS/c1-3-12-30(13-4-1)31-22-24-34(25-23-31)47(41-20-11-19-38-37-18-9-10-21-43(37)49-46(38)41)35-26-27-39-42(29-35)48-45-40(32-14-5-2-6-15-32)28-33-16-7-8-17-36(33)44(39)45/h1-29H/i8D,16D,17D,26D,27D,28D. The molecule has 0 saturated heterocycles. The first-order valence-electron chi connectivity index (χ1n) is 19.1. The monoisotopic (exact) mass is 649 g/mol. The number of furan rings is 1. The zero-order valence-corrected chi connectivity index (χ0v) is 26.9. The van der Waals surface area contributed by atoms with Crippen LogP contribution in [-0.2, 0) is 0 Å². The van der Waals surface area contributed by atoms with Gasteiger partial charge in [0.1, 0.15) is 11.2 Å². The number of hydrogen-bond donors (Lipinski definition) is 0. The van der Waals surface area contributed by atoms with E-state index in [2.05, 4.69) is 42.5 Å². The number of anilines is 3. The van der Waals surface area contributed by atoms with E-state index < -0.39 is 0 Å². The normalized spacial score (nSPS) is 13.4. The molecule has 0 saturated carbocycles. The molecule has 8 aromatic carbocycles. The van der Waals surface area contributed by atoms with Gasteiger partial charge in [0.25, 0.3) is 0 Å². The lowest BCUT2D eigenvalue weighted by molar-refractivity contribution is 0.670. The van der Waals surface area contributed by atoms with Crippen LogP contribution in [0.25, 0.3) is 75.1 Å². The van der Waals surface area contributed by atoms with Crippen molar-refractivity contribution in [2.75, 3.05) is 4.90 Å². The van der Waals surface area contributed by atoms with E-state index in [-0.39, 0.29) is 52.6 Å². The van der Waals surface area contributed by atoms with Crippen LogP contribution < -0.4 is 4.90 Å². The minimum absolute atomic E-state index is 0.0145. The van der Waals surface area contributed by atoms with Gasteiger partial charge in [-0.25, -0.2) is 0 Å². The lowest BCUT2D eigenvalue weighted by atomic mass is 9.96. The van der Waals surface area contributed by atoms with Crippen LogP contribution in [0.1, 0.15) is 8.22 Å². The van der Waals surface area contributed by atoms with Gasteiger partial charge < -0.3 is 9.32 Å². The Labute approximate surface area is 296 Å². The fourth-order valence-corrected chi connectivity index (χ4v) is 8.08. The molecule has 230 valence electrons. The smallest absolute Gasteiger partial charge is 0.143 e. The Kier molecular flexibility index (Phi) is 5.14. The van der Waals surface area contributed by atoms with Crippen molar-refractivity contribution < 1.29 is 12.6 Å². The van der Waals surface area contributed by atoms with Crippen molar-refractivity contribution >= 4 is 81.3 Å². The molecule has 0 aliphatic carbocycles. The zero-order chi connectivity index (χ0) is 37.5. The van der Waals surface area contributed by atoms with E-state index in [0.717, 1.165) is 42.7 Å². The molecule has 10 aromatic rings.